The molecule has 0 aliphatic carbocycles. The van der Waals surface area contributed by atoms with Crippen LogP contribution >= 0.6 is 0 Å². The van der Waals surface area contributed by atoms with Crippen LogP contribution < -0.4 is 5.32 Å². The Morgan fingerprint density at radius 2 is 1.94 bits per heavy atom. The van der Waals surface area contributed by atoms with Crippen molar-refractivity contribution in [2.75, 3.05) is 7.05 Å². The Morgan fingerprint density at radius 3 is 2.67 bits per heavy atom. The van der Waals surface area contributed by atoms with Gasteiger partial charge in [0.1, 0.15) is 5.58 Å². The van der Waals surface area contributed by atoms with Gasteiger partial charge in [0.05, 0.1) is 6.26 Å². The van der Waals surface area contributed by atoms with Crippen molar-refractivity contribution in [3.05, 3.63) is 36.1 Å². The lowest BCUT2D eigenvalue weighted by molar-refractivity contribution is 0.467. The Labute approximate surface area is 109 Å². The maximum absolute atomic E-state index is 5.62. The molecule has 1 aromatic carbocycles. The van der Waals surface area contributed by atoms with Gasteiger partial charge in [0.25, 0.3) is 0 Å². The molecular formula is C16H23NO. The largest absolute Gasteiger partial charge is 0.464 e. The van der Waals surface area contributed by atoms with Crippen molar-refractivity contribution in [2.24, 2.45) is 5.92 Å². The van der Waals surface area contributed by atoms with Crippen LogP contribution in [0.25, 0.3) is 11.0 Å². The fourth-order valence-electron chi connectivity index (χ4n) is 2.45. The second-order valence-electron chi connectivity index (χ2n) is 5.35. The molecule has 18 heavy (non-hydrogen) atoms. The summed E-state index contributed by atoms with van der Waals surface area (Å²) in [5, 5.41) is 4.65. The van der Waals surface area contributed by atoms with Gasteiger partial charge in [0.15, 0.2) is 0 Å². The van der Waals surface area contributed by atoms with Crippen molar-refractivity contribution in [1.29, 1.82) is 0 Å². The summed E-state index contributed by atoms with van der Waals surface area (Å²) in [7, 11) is 2.03. The van der Waals surface area contributed by atoms with Gasteiger partial charge in [0, 0.05) is 17.0 Å². The van der Waals surface area contributed by atoms with Crippen LogP contribution in [-0.2, 0) is 0 Å². The Balaban J connectivity index is 2.12. The van der Waals surface area contributed by atoms with E-state index in [4.69, 9.17) is 4.42 Å². The topological polar surface area (TPSA) is 25.2 Å². The van der Waals surface area contributed by atoms with E-state index >= 15 is 0 Å². The van der Waals surface area contributed by atoms with Gasteiger partial charge >= 0.3 is 0 Å². The number of nitrogens with one attached hydrogen (secondary N) is 1. The summed E-state index contributed by atoms with van der Waals surface area (Å²) >= 11 is 0. The molecule has 0 aliphatic rings. The SMILES string of the molecule is CNC(CCCC(C)C)c1coc2ccccc12. The highest BCUT2D eigenvalue weighted by Crippen LogP contribution is 2.29. The third-order valence-electron chi connectivity index (χ3n) is 3.51. The molecule has 0 bridgehead atoms. The lowest BCUT2D eigenvalue weighted by atomic mass is 9.98. The lowest BCUT2D eigenvalue weighted by Crippen LogP contribution is -2.16. The van der Waals surface area contributed by atoms with Crippen molar-refractivity contribution < 1.29 is 4.42 Å². The van der Waals surface area contributed by atoms with Crippen LogP contribution in [0.4, 0.5) is 0 Å². The highest BCUT2D eigenvalue weighted by molar-refractivity contribution is 5.81. The lowest BCUT2D eigenvalue weighted by Gasteiger charge is -2.15. The predicted molar refractivity (Wildman–Crippen MR) is 76.7 cm³/mol. The van der Waals surface area contributed by atoms with Gasteiger partial charge in [-0.3, -0.25) is 0 Å². The van der Waals surface area contributed by atoms with Gasteiger partial charge in [0.2, 0.25) is 0 Å². The molecule has 0 saturated carbocycles. The quantitative estimate of drug-likeness (QED) is 0.809. The second-order valence-corrected chi connectivity index (χ2v) is 5.35. The van der Waals surface area contributed by atoms with E-state index in [0.29, 0.717) is 6.04 Å². The summed E-state index contributed by atoms with van der Waals surface area (Å²) in [4.78, 5) is 0. The molecule has 2 aromatic rings. The minimum absolute atomic E-state index is 0.396. The summed E-state index contributed by atoms with van der Waals surface area (Å²) in [5.41, 5.74) is 2.27. The van der Waals surface area contributed by atoms with Crippen molar-refractivity contribution in [3.8, 4) is 0 Å². The van der Waals surface area contributed by atoms with Gasteiger partial charge < -0.3 is 9.73 Å². The van der Waals surface area contributed by atoms with Crippen LogP contribution in [0.3, 0.4) is 0 Å². The Bertz CT molecular complexity index is 487. The van der Waals surface area contributed by atoms with Crippen molar-refractivity contribution in [1.82, 2.24) is 5.32 Å². The van der Waals surface area contributed by atoms with Crippen LogP contribution in [0.15, 0.2) is 34.9 Å². The molecule has 0 aliphatic heterocycles. The van der Waals surface area contributed by atoms with E-state index in [2.05, 4.69) is 31.3 Å². The summed E-state index contributed by atoms with van der Waals surface area (Å²) < 4.78 is 5.62. The zero-order valence-electron chi connectivity index (χ0n) is 11.6. The van der Waals surface area contributed by atoms with Gasteiger partial charge in [-0.05, 0) is 25.5 Å². The number of fused-ring (bicyclic) bond motifs is 1. The molecule has 0 radical (unpaired) electrons. The number of benzene rings is 1. The maximum atomic E-state index is 5.62. The molecule has 2 heteroatoms. The summed E-state index contributed by atoms with van der Waals surface area (Å²) in [6, 6.07) is 8.65. The molecule has 1 heterocycles. The normalized spacial score (nSPS) is 13.3. The fourth-order valence-corrected chi connectivity index (χ4v) is 2.45. The van der Waals surface area contributed by atoms with Crippen LogP contribution in [0.1, 0.15) is 44.7 Å². The first-order chi connectivity index (χ1) is 8.72. The van der Waals surface area contributed by atoms with E-state index in [9.17, 15) is 0 Å². The molecule has 0 spiro atoms. The molecule has 2 nitrogen and oxygen atoms in total. The van der Waals surface area contributed by atoms with Crippen LogP contribution in [0, 0.1) is 5.92 Å². The summed E-state index contributed by atoms with van der Waals surface area (Å²) in [5.74, 6) is 0.781. The Kier molecular flexibility index (Phi) is 4.43. The zero-order chi connectivity index (χ0) is 13.0. The molecule has 2 rings (SSSR count). The van der Waals surface area contributed by atoms with Gasteiger partial charge in [-0.25, -0.2) is 0 Å². The van der Waals surface area contributed by atoms with Crippen LogP contribution in [-0.4, -0.2) is 7.05 Å². The molecule has 0 saturated heterocycles. The van der Waals surface area contributed by atoms with Crippen molar-refractivity contribution >= 4 is 11.0 Å². The average Bonchev–Trinajstić information content (AvgIpc) is 2.78. The standard InChI is InChI=1S/C16H23NO/c1-12(2)7-6-9-15(17-3)14-11-18-16-10-5-4-8-13(14)16/h4-5,8,10-12,15,17H,6-7,9H2,1-3H3. The second kappa shape index (κ2) is 6.05. The predicted octanol–water partition coefficient (Wildman–Crippen LogP) is 4.52. The van der Waals surface area contributed by atoms with E-state index < -0.39 is 0 Å². The van der Waals surface area contributed by atoms with Crippen molar-refractivity contribution in [2.45, 2.75) is 39.2 Å². The van der Waals surface area contributed by atoms with Crippen LogP contribution in [0.5, 0.6) is 0 Å². The first kappa shape index (κ1) is 13.2. The fraction of sp³-hybridized carbons (Fsp3) is 0.500. The average molecular weight is 245 g/mol. The molecular weight excluding hydrogens is 222 g/mol. The first-order valence-electron chi connectivity index (χ1n) is 6.85. The molecule has 1 aromatic heterocycles. The number of rotatable bonds is 6. The van der Waals surface area contributed by atoms with Gasteiger partial charge in [-0.2, -0.15) is 0 Å². The Morgan fingerprint density at radius 1 is 1.17 bits per heavy atom. The third kappa shape index (κ3) is 2.94. The third-order valence-corrected chi connectivity index (χ3v) is 3.51. The van der Waals surface area contributed by atoms with Crippen LogP contribution in [0.2, 0.25) is 0 Å². The molecule has 98 valence electrons. The highest BCUT2D eigenvalue weighted by Gasteiger charge is 2.15. The highest BCUT2D eigenvalue weighted by atomic mass is 16.3. The van der Waals surface area contributed by atoms with E-state index in [1.165, 1.54) is 23.8 Å². The molecule has 0 amide bonds. The Hall–Kier alpha value is -1.28. The zero-order valence-corrected chi connectivity index (χ0v) is 11.6. The first-order valence-corrected chi connectivity index (χ1v) is 6.85. The van der Waals surface area contributed by atoms with E-state index in [-0.39, 0.29) is 0 Å². The monoisotopic (exact) mass is 245 g/mol. The van der Waals surface area contributed by atoms with E-state index in [0.717, 1.165) is 17.9 Å². The molecule has 1 unspecified atom stereocenters. The molecule has 1 N–H and O–H groups in total. The van der Waals surface area contributed by atoms with E-state index in [1.807, 2.05) is 25.4 Å². The molecule has 0 fully saturated rings. The van der Waals surface area contributed by atoms with Gasteiger partial charge in [-0.15, -0.1) is 0 Å². The van der Waals surface area contributed by atoms with Gasteiger partial charge in [-0.1, -0.05) is 44.9 Å². The smallest absolute Gasteiger partial charge is 0.134 e. The minimum Gasteiger partial charge on any atom is -0.464 e. The molecule has 1 atom stereocenters. The van der Waals surface area contributed by atoms with Crippen molar-refractivity contribution in [3.63, 3.8) is 0 Å². The summed E-state index contributed by atoms with van der Waals surface area (Å²) in [6.07, 6.45) is 5.61. The van der Waals surface area contributed by atoms with E-state index in [1.54, 1.807) is 0 Å². The number of hydrogen-bond donors (Lipinski definition) is 1. The number of para-hydroxylation sites is 1. The number of hydrogen-bond acceptors (Lipinski definition) is 2. The number of furan rings is 1. The minimum atomic E-state index is 0.396. The summed E-state index contributed by atoms with van der Waals surface area (Å²) in [6.45, 7) is 4.56. The maximum Gasteiger partial charge on any atom is 0.134 e.